The molecule has 0 spiro atoms. The third-order valence-electron chi connectivity index (χ3n) is 5.27. The number of nitrogens with two attached hydrogens (primary N) is 1. The van der Waals surface area contributed by atoms with Crippen LogP contribution in [0.4, 0.5) is 17.5 Å². The van der Waals surface area contributed by atoms with Crippen LogP contribution in [0.3, 0.4) is 0 Å². The number of hydrogen-bond acceptors (Lipinski definition) is 9. The zero-order valence-corrected chi connectivity index (χ0v) is 17.6. The van der Waals surface area contributed by atoms with Crippen molar-refractivity contribution in [2.24, 2.45) is 10.7 Å². The summed E-state index contributed by atoms with van der Waals surface area (Å²) >= 11 is 0. The molecule has 1 unspecified atom stereocenters. The molecule has 4 N–H and O–H groups in total. The van der Waals surface area contributed by atoms with Crippen molar-refractivity contribution in [3.8, 4) is 0 Å². The summed E-state index contributed by atoms with van der Waals surface area (Å²) in [5, 5.41) is 14.9. The van der Waals surface area contributed by atoms with Crippen molar-refractivity contribution in [3.63, 3.8) is 0 Å². The fourth-order valence-electron chi connectivity index (χ4n) is 3.56. The van der Waals surface area contributed by atoms with E-state index < -0.39 is 0 Å². The second-order valence-electron chi connectivity index (χ2n) is 7.47. The van der Waals surface area contributed by atoms with Crippen LogP contribution in [0.5, 0.6) is 0 Å². The minimum absolute atomic E-state index is 0.0367. The Labute approximate surface area is 184 Å². The van der Waals surface area contributed by atoms with Gasteiger partial charge in [0.1, 0.15) is 11.6 Å². The Morgan fingerprint density at radius 3 is 2.59 bits per heavy atom. The van der Waals surface area contributed by atoms with Crippen molar-refractivity contribution >= 4 is 46.0 Å². The van der Waals surface area contributed by atoms with Crippen molar-refractivity contribution in [3.05, 3.63) is 71.7 Å². The highest BCUT2D eigenvalue weighted by Gasteiger charge is 2.13. The summed E-state index contributed by atoms with van der Waals surface area (Å²) in [5.74, 6) is 1.97. The van der Waals surface area contributed by atoms with Crippen LogP contribution in [0, 0.1) is 0 Å². The minimum atomic E-state index is -0.0367. The molecule has 7 bridgehead atoms. The molecular weight excluding hydrogens is 402 g/mol. The average Bonchev–Trinajstić information content (AvgIpc) is 2.82. The maximum atomic E-state index is 6.54. The van der Waals surface area contributed by atoms with Crippen LogP contribution in [0.2, 0.25) is 0 Å². The fourth-order valence-corrected chi connectivity index (χ4v) is 3.56. The third-order valence-corrected chi connectivity index (χ3v) is 5.27. The normalized spacial score (nSPS) is 15.9. The number of anilines is 3. The highest BCUT2D eigenvalue weighted by atomic mass is 15.2. The van der Waals surface area contributed by atoms with E-state index >= 15 is 0 Å². The molecule has 0 fully saturated rings. The Morgan fingerprint density at radius 2 is 1.78 bits per heavy atom. The molecular formula is C23H21N9. The van der Waals surface area contributed by atoms with Crippen LogP contribution in [-0.2, 0) is 0 Å². The summed E-state index contributed by atoms with van der Waals surface area (Å²) in [7, 11) is 1.71. The van der Waals surface area contributed by atoms with Crippen molar-refractivity contribution in [1.82, 2.24) is 25.1 Å². The van der Waals surface area contributed by atoms with Gasteiger partial charge < -0.3 is 16.4 Å². The second-order valence-corrected chi connectivity index (χ2v) is 7.47. The first-order valence-corrected chi connectivity index (χ1v) is 10.1. The molecule has 1 atom stereocenters. The van der Waals surface area contributed by atoms with Crippen molar-refractivity contribution in [2.75, 3.05) is 17.7 Å². The third kappa shape index (κ3) is 3.71. The quantitative estimate of drug-likeness (QED) is 0.397. The summed E-state index contributed by atoms with van der Waals surface area (Å²) < 4.78 is 0. The highest BCUT2D eigenvalue weighted by molar-refractivity contribution is 6.19. The van der Waals surface area contributed by atoms with Crippen LogP contribution in [-0.4, -0.2) is 38.4 Å². The summed E-state index contributed by atoms with van der Waals surface area (Å²) in [6, 6.07) is 11.5. The van der Waals surface area contributed by atoms with Gasteiger partial charge in [0.25, 0.3) is 0 Å². The van der Waals surface area contributed by atoms with E-state index in [0.29, 0.717) is 17.3 Å². The van der Waals surface area contributed by atoms with Gasteiger partial charge in [0.2, 0.25) is 0 Å². The number of rotatable bonds is 1. The van der Waals surface area contributed by atoms with E-state index in [4.69, 9.17) is 10.7 Å². The van der Waals surface area contributed by atoms with Gasteiger partial charge in [-0.3, -0.25) is 9.98 Å². The first kappa shape index (κ1) is 19.6. The van der Waals surface area contributed by atoms with Gasteiger partial charge in [-0.25, -0.2) is 9.97 Å². The van der Waals surface area contributed by atoms with Gasteiger partial charge in [-0.1, -0.05) is 0 Å². The molecule has 0 saturated carbocycles. The summed E-state index contributed by atoms with van der Waals surface area (Å²) in [4.78, 5) is 18.0. The highest BCUT2D eigenvalue weighted by Crippen LogP contribution is 2.26. The molecule has 6 heterocycles. The van der Waals surface area contributed by atoms with Gasteiger partial charge in [0, 0.05) is 48.1 Å². The predicted molar refractivity (Wildman–Crippen MR) is 127 cm³/mol. The monoisotopic (exact) mass is 423 g/mol. The molecule has 0 amide bonds. The molecule has 2 aliphatic heterocycles. The first-order valence-electron chi connectivity index (χ1n) is 10.1. The number of allylic oxidation sites excluding steroid dienone is 1. The fraction of sp³-hybridized carbons (Fsp3) is 0.130. The van der Waals surface area contributed by atoms with Crippen LogP contribution in [0.25, 0.3) is 22.3 Å². The van der Waals surface area contributed by atoms with Gasteiger partial charge in [0.15, 0.2) is 5.82 Å². The van der Waals surface area contributed by atoms with E-state index in [1.807, 2.05) is 43.3 Å². The van der Waals surface area contributed by atoms with Crippen molar-refractivity contribution in [1.29, 1.82) is 0 Å². The van der Waals surface area contributed by atoms with E-state index in [2.05, 4.69) is 35.8 Å². The van der Waals surface area contributed by atoms with Gasteiger partial charge in [-0.15, -0.1) is 5.10 Å². The SMILES string of the molecule is CN=CC1=C(N)c2ccc(nc2)NC(C)c2cnnc(c2)Nc2ccc3ncc1cc3n2. The molecule has 0 aliphatic carbocycles. The van der Waals surface area contributed by atoms with Gasteiger partial charge in [-0.05, 0) is 48.9 Å². The van der Waals surface area contributed by atoms with Crippen LogP contribution < -0.4 is 16.4 Å². The zero-order valence-electron chi connectivity index (χ0n) is 17.6. The zero-order chi connectivity index (χ0) is 22.1. The maximum Gasteiger partial charge on any atom is 0.154 e. The number of fused-ring (bicyclic) bond motifs is 3. The van der Waals surface area contributed by atoms with E-state index in [1.165, 1.54) is 0 Å². The van der Waals surface area contributed by atoms with Gasteiger partial charge >= 0.3 is 0 Å². The summed E-state index contributed by atoms with van der Waals surface area (Å²) in [5.41, 5.74) is 11.9. The Bertz CT molecular complexity index is 1360. The molecule has 0 saturated heterocycles. The number of nitrogens with zero attached hydrogens (tertiary/aromatic N) is 6. The summed E-state index contributed by atoms with van der Waals surface area (Å²) in [6.07, 6.45) is 6.97. The molecule has 0 radical (unpaired) electrons. The van der Waals surface area contributed by atoms with E-state index in [9.17, 15) is 0 Å². The average molecular weight is 423 g/mol. The van der Waals surface area contributed by atoms with Crippen LogP contribution in [0.15, 0.2) is 60.0 Å². The lowest BCUT2D eigenvalue weighted by Gasteiger charge is -2.15. The smallest absolute Gasteiger partial charge is 0.154 e. The minimum Gasteiger partial charge on any atom is -0.398 e. The molecule has 2 aliphatic rings. The summed E-state index contributed by atoms with van der Waals surface area (Å²) in [6.45, 7) is 2.04. The van der Waals surface area contributed by atoms with E-state index in [1.54, 1.807) is 31.9 Å². The van der Waals surface area contributed by atoms with E-state index in [0.717, 1.165) is 39.1 Å². The number of nitrogens with one attached hydrogen (secondary N) is 2. The molecule has 32 heavy (non-hydrogen) atoms. The lowest BCUT2D eigenvalue weighted by Crippen LogP contribution is -2.10. The second kappa shape index (κ2) is 8.03. The van der Waals surface area contributed by atoms with Crippen molar-refractivity contribution in [2.45, 2.75) is 13.0 Å². The number of aliphatic imine (C=N–C) groups is 1. The van der Waals surface area contributed by atoms with E-state index in [-0.39, 0.29) is 6.04 Å². The van der Waals surface area contributed by atoms with Gasteiger partial charge in [0.05, 0.1) is 23.3 Å². The Balaban J connectivity index is 1.73. The Hall–Kier alpha value is -4.40. The van der Waals surface area contributed by atoms with Crippen LogP contribution in [0.1, 0.15) is 29.7 Å². The predicted octanol–water partition coefficient (Wildman–Crippen LogP) is 3.57. The lowest BCUT2D eigenvalue weighted by atomic mass is 10.0. The first-order chi connectivity index (χ1) is 15.6. The molecule has 4 aromatic heterocycles. The Morgan fingerprint density at radius 1 is 0.938 bits per heavy atom. The molecule has 158 valence electrons. The van der Waals surface area contributed by atoms with Gasteiger partial charge in [-0.2, -0.15) is 5.10 Å². The van der Waals surface area contributed by atoms with Crippen molar-refractivity contribution < 1.29 is 0 Å². The molecule has 6 rings (SSSR count). The lowest BCUT2D eigenvalue weighted by molar-refractivity contribution is 0.850. The van der Waals surface area contributed by atoms with Crippen LogP contribution >= 0.6 is 0 Å². The Kier molecular flexibility index (Phi) is 4.91. The maximum absolute atomic E-state index is 6.54. The molecule has 0 aromatic carbocycles. The number of pyridine rings is 3. The molecule has 9 heteroatoms. The number of hydrogen-bond donors (Lipinski definition) is 3. The molecule has 9 nitrogen and oxygen atoms in total. The topological polar surface area (TPSA) is 127 Å². The number of aromatic nitrogens is 5. The molecule has 4 aromatic rings. The standard InChI is InChI=1S/C23H21N9/c1-13-15-8-22(32-28-11-15)31-21-6-4-18-19(30-21)7-16(10-26-18)17(12-25-2)23(24)14-3-5-20(29-13)27-9-14/h3-13H,24H2,1-2H3,(H,27,29)(H,30,31,32). The largest absolute Gasteiger partial charge is 0.398 e.